The van der Waals surface area contributed by atoms with Gasteiger partial charge in [0.05, 0.1) is 30.5 Å². The number of nitrogens with one attached hydrogen (secondary N) is 2. The molecular formula is C16H27N5O. The largest absolute Gasteiger partial charge is 0.373 e. The van der Waals surface area contributed by atoms with E-state index in [4.69, 9.17) is 9.73 Å². The number of hydrogen-bond donors (Lipinski definition) is 2. The number of guanidine groups is 1. The first-order valence-corrected chi connectivity index (χ1v) is 8.27. The monoisotopic (exact) mass is 305 g/mol. The number of aryl methyl sites for hydroxylation is 2. The van der Waals surface area contributed by atoms with Crippen LogP contribution in [-0.4, -0.2) is 40.5 Å². The average Bonchev–Trinajstić information content (AvgIpc) is 3.14. The zero-order chi connectivity index (χ0) is 15.7. The van der Waals surface area contributed by atoms with E-state index < -0.39 is 0 Å². The second-order valence-corrected chi connectivity index (χ2v) is 6.33. The first kappa shape index (κ1) is 15.3. The minimum atomic E-state index is 0.357. The fourth-order valence-electron chi connectivity index (χ4n) is 3.49. The van der Waals surface area contributed by atoms with Gasteiger partial charge in [-0.1, -0.05) is 0 Å². The van der Waals surface area contributed by atoms with Gasteiger partial charge in [0, 0.05) is 24.8 Å². The summed E-state index contributed by atoms with van der Waals surface area (Å²) in [7, 11) is 1.98. The molecule has 2 N–H and O–H groups in total. The van der Waals surface area contributed by atoms with Gasteiger partial charge in [-0.3, -0.25) is 4.68 Å². The second kappa shape index (κ2) is 6.28. The lowest BCUT2D eigenvalue weighted by atomic mass is 9.96. The Morgan fingerprint density at radius 2 is 2.23 bits per heavy atom. The van der Waals surface area contributed by atoms with E-state index in [-0.39, 0.29) is 0 Å². The van der Waals surface area contributed by atoms with Crippen molar-refractivity contribution in [3.8, 4) is 0 Å². The molecule has 22 heavy (non-hydrogen) atoms. The van der Waals surface area contributed by atoms with E-state index in [0.29, 0.717) is 24.8 Å². The summed E-state index contributed by atoms with van der Waals surface area (Å²) in [5.74, 6) is 0.881. The summed E-state index contributed by atoms with van der Waals surface area (Å²) in [5.41, 5.74) is 3.45. The molecule has 3 atom stereocenters. The van der Waals surface area contributed by atoms with Gasteiger partial charge in [-0.05, 0) is 40.0 Å². The Hall–Kier alpha value is -1.56. The summed E-state index contributed by atoms with van der Waals surface area (Å²) < 4.78 is 7.83. The summed E-state index contributed by atoms with van der Waals surface area (Å²) in [6.07, 6.45) is 4.29. The number of aliphatic imine (C=N–C) groups is 1. The van der Waals surface area contributed by atoms with Gasteiger partial charge in [0.1, 0.15) is 0 Å². The van der Waals surface area contributed by atoms with E-state index in [1.807, 2.05) is 18.7 Å². The van der Waals surface area contributed by atoms with Gasteiger partial charge < -0.3 is 15.4 Å². The molecule has 6 nitrogen and oxygen atoms in total. The van der Waals surface area contributed by atoms with Crippen molar-refractivity contribution in [1.29, 1.82) is 0 Å². The highest BCUT2D eigenvalue weighted by Crippen LogP contribution is 2.34. The maximum Gasteiger partial charge on any atom is 0.191 e. The average molecular weight is 305 g/mol. The first-order chi connectivity index (χ1) is 10.6. The Morgan fingerprint density at radius 3 is 2.77 bits per heavy atom. The molecule has 1 aromatic heterocycles. The fraction of sp³-hybridized carbons (Fsp3) is 0.750. The third kappa shape index (κ3) is 2.97. The first-order valence-electron chi connectivity index (χ1n) is 8.27. The van der Waals surface area contributed by atoms with Crippen molar-refractivity contribution in [2.24, 2.45) is 12.0 Å². The van der Waals surface area contributed by atoms with Gasteiger partial charge in [-0.25, -0.2) is 4.99 Å². The topological polar surface area (TPSA) is 63.5 Å². The highest BCUT2D eigenvalue weighted by atomic mass is 16.5. The van der Waals surface area contributed by atoms with Crippen LogP contribution in [0.5, 0.6) is 0 Å². The van der Waals surface area contributed by atoms with E-state index >= 15 is 0 Å². The minimum Gasteiger partial charge on any atom is -0.373 e. The molecule has 0 aliphatic carbocycles. The molecule has 6 heteroatoms. The summed E-state index contributed by atoms with van der Waals surface area (Å²) in [4.78, 5) is 4.75. The Balaban J connectivity index is 1.67. The molecule has 1 aromatic rings. The number of ether oxygens (including phenoxy) is 1. The van der Waals surface area contributed by atoms with E-state index in [1.54, 1.807) is 0 Å². The molecule has 2 saturated heterocycles. The number of hydrogen-bond acceptors (Lipinski definition) is 3. The van der Waals surface area contributed by atoms with Crippen LogP contribution in [0.3, 0.4) is 0 Å². The molecule has 0 radical (unpaired) electrons. The standard InChI is InChI=1S/C16H27N5O/c1-5-17-16(19-14-8-12-6-7-15(14)22-12)18-9-13-10(2)20-21(4)11(13)3/h12,14-15H,5-9H2,1-4H3,(H2,17,18,19). The maximum absolute atomic E-state index is 5.91. The molecule has 3 rings (SSSR count). The van der Waals surface area contributed by atoms with Crippen LogP contribution in [-0.2, 0) is 18.3 Å². The van der Waals surface area contributed by atoms with E-state index in [0.717, 1.165) is 24.6 Å². The molecule has 2 bridgehead atoms. The predicted molar refractivity (Wildman–Crippen MR) is 86.9 cm³/mol. The normalized spacial score (nSPS) is 27.5. The lowest BCUT2D eigenvalue weighted by Crippen LogP contribution is -2.47. The molecular weight excluding hydrogens is 278 g/mol. The van der Waals surface area contributed by atoms with Crippen LogP contribution in [0.15, 0.2) is 4.99 Å². The molecule has 2 fully saturated rings. The van der Waals surface area contributed by atoms with Crippen molar-refractivity contribution in [3.63, 3.8) is 0 Å². The van der Waals surface area contributed by atoms with E-state index in [1.165, 1.54) is 24.1 Å². The highest BCUT2D eigenvalue weighted by Gasteiger charge is 2.41. The SMILES string of the molecule is CCNC(=NCc1c(C)nn(C)c1C)NC1CC2CCC1O2. The van der Waals surface area contributed by atoms with Gasteiger partial charge in [0.15, 0.2) is 5.96 Å². The highest BCUT2D eigenvalue weighted by molar-refractivity contribution is 5.80. The molecule has 2 aliphatic heterocycles. The Labute approximate surface area is 132 Å². The Bertz CT molecular complexity index is 565. The minimum absolute atomic E-state index is 0.357. The summed E-state index contributed by atoms with van der Waals surface area (Å²) in [5, 5.41) is 11.3. The van der Waals surface area contributed by atoms with E-state index in [2.05, 4.69) is 29.6 Å². The quantitative estimate of drug-likeness (QED) is 0.652. The van der Waals surface area contributed by atoms with Crippen LogP contribution in [0.25, 0.3) is 0 Å². The number of nitrogens with zero attached hydrogens (tertiary/aromatic N) is 3. The van der Waals surface area contributed by atoms with Gasteiger partial charge in [0.2, 0.25) is 0 Å². The van der Waals surface area contributed by atoms with Crippen LogP contribution >= 0.6 is 0 Å². The third-order valence-corrected chi connectivity index (χ3v) is 4.83. The van der Waals surface area contributed by atoms with Crippen molar-refractivity contribution in [2.75, 3.05) is 6.54 Å². The van der Waals surface area contributed by atoms with E-state index in [9.17, 15) is 0 Å². The smallest absolute Gasteiger partial charge is 0.191 e. The fourth-order valence-corrected chi connectivity index (χ4v) is 3.49. The number of fused-ring (bicyclic) bond motifs is 2. The third-order valence-electron chi connectivity index (χ3n) is 4.83. The van der Waals surface area contributed by atoms with Crippen molar-refractivity contribution in [3.05, 3.63) is 17.0 Å². The number of aromatic nitrogens is 2. The van der Waals surface area contributed by atoms with Crippen LogP contribution in [0.1, 0.15) is 43.1 Å². The zero-order valence-electron chi connectivity index (χ0n) is 14.0. The second-order valence-electron chi connectivity index (χ2n) is 6.33. The molecule has 2 aliphatic rings. The van der Waals surface area contributed by atoms with Crippen LogP contribution in [0, 0.1) is 13.8 Å². The van der Waals surface area contributed by atoms with Crippen molar-refractivity contribution in [2.45, 2.75) is 64.8 Å². The summed E-state index contributed by atoms with van der Waals surface area (Å²) >= 11 is 0. The van der Waals surface area contributed by atoms with Gasteiger partial charge in [0.25, 0.3) is 0 Å². The molecule has 3 unspecified atom stereocenters. The molecule has 0 spiro atoms. The molecule has 122 valence electrons. The molecule has 0 aromatic carbocycles. The van der Waals surface area contributed by atoms with Crippen molar-refractivity contribution >= 4 is 5.96 Å². The molecule has 3 heterocycles. The van der Waals surface area contributed by atoms with Crippen LogP contribution in [0.2, 0.25) is 0 Å². The summed E-state index contributed by atoms with van der Waals surface area (Å²) in [6.45, 7) is 7.74. The maximum atomic E-state index is 5.91. The van der Waals surface area contributed by atoms with Gasteiger partial charge >= 0.3 is 0 Å². The predicted octanol–water partition coefficient (Wildman–Crippen LogP) is 1.41. The van der Waals surface area contributed by atoms with Crippen molar-refractivity contribution < 1.29 is 4.74 Å². The van der Waals surface area contributed by atoms with Crippen LogP contribution < -0.4 is 10.6 Å². The number of rotatable bonds is 4. The Kier molecular flexibility index (Phi) is 4.38. The summed E-state index contributed by atoms with van der Waals surface area (Å²) in [6, 6.07) is 0.396. The lowest BCUT2D eigenvalue weighted by Gasteiger charge is -2.22. The Morgan fingerprint density at radius 1 is 1.41 bits per heavy atom. The lowest BCUT2D eigenvalue weighted by molar-refractivity contribution is 0.0992. The zero-order valence-corrected chi connectivity index (χ0v) is 14.0. The van der Waals surface area contributed by atoms with Crippen molar-refractivity contribution in [1.82, 2.24) is 20.4 Å². The van der Waals surface area contributed by atoms with Gasteiger partial charge in [-0.2, -0.15) is 5.10 Å². The van der Waals surface area contributed by atoms with Gasteiger partial charge in [-0.15, -0.1) is 0 Å². The molecule has 0 amide bonds. The molecule has 0 saturated carbocycles. The van der Waals surface area contributed by atoms with Crippen LogP contribution in [0.4, 0.5) is 0 Å².